The Labute approximate surface area is 116 Å². The third-order valence-corrected chi connectivity index (χ3v) is 4.58. The van der Waals surface area contributed by atoms with Crippen molar-refractivity contribution in [1.29, 1.82) is 0 Å². The van der Waals surface area contributed by atoms with Crippen molar-refractivity contribution in [1.82, 2.24) is 5.32 Å². The zero-order valence-corrected chi connectivity index (χ0v) is 11.7. The van der Waals surface area contributed by atoms with Crippen LogP contribution in [0.1, 0.15) is 36.9 Å². The van der Waals surface area contributed by atoms with Gasteiger partial charge >= 0.3 is 6.18 Å². The van der Waals surface area contributed by atoms with Crippen LogP contribution in [0, 0.1) is 0 Å². The van der Waals surface area contributed by atoms with Crippen LogP contribution in [0.5, 0.6) is 0 Å². The Balaban J connectivity index is 2.04. The van der Waals surface area contributed by atoms with E-state index < -0.39 is 11.7 Å². The second-order valence-electron chi connectivity index (χ2n) is 4.93. The van der Waals surface area contributed by atoms with E-state index in [1.807, 2.05) is 18.7 Å². The van der Waals surface area contributed by atoms with Crippen molar-refractivity contribution in [3.05, 3.63) is 35.4 Å². The Morgan fingerprint density at radius 2 is 2.16 bits per heavy atom. The minimum absolute atomic E-state index is 0.0500. The van der Waals surface area contributed by atoms with E-state index in [4.69, 9.17) is 0 Å². The molecule has 1 aromatic carbocycles. The number of hydrogen-bond donors (Lipinski definition) is 1. The molecule has 0 bridgehead atoms. The first-order valence-electron chi connectivity index (χ1n) is 6.48. The van der Waals surface area contributed by atoms with Crippen LogP contribution in [-0.2, 0) is 6.18 Å². The molecule has 0 aromatic heterocycles. The first-order chi connectivity index (χ1) is 8.97. The number of halogens is 3. The van der Waals surface area contributed by atoms with Crippen molar-refractivity contribution in [3.8, 4) is 0 Å². The van der Waals surface area contributed by atoms with Crippen molar-refractivity contribution in [2.24, 2.45) is 0 Å². The van der Waals surface area contributed by atoms with Gasteiger partial charge in [0.05, 0.1) is 5.56 Å². The van der Waals surface area contributed by atoms with Crippen molar-refractivity contribution < 1.29 is 13.2 Å². The second kappa shape index (κ2) is 6.18. The average molecular weight is 289 g/mol. The molecular formula is C14H18F3NS. The highest BCUT2D eigenvalue weighted by Crippen LogP contribution is 2.31. The summed E-state index contributed by atoms with van der Waals surface area (Å²) >= 11 is 1.91. The van der Waals surface area contributed by atoms with Crippen LogP contribution in [0.25, 0.3) is 0 Å². The third kappa shape index (κ3) is 4.14. The van der Waals surface area contributed by atoms with Crippen LogP contribution in [0.15, 0.2) is 24.3 Å². The van der Waals surface area contributed by atoms with Gasteiger partial charge < -0.3 is 5.32 Å². The highest BCUT2D eigenvalue weighted by atomic mass is 32.2. The van der Waals surface area contributed by atoms with Crippen LogP contribution < -0.4 is 5.32 Å². The molecule has 1 aliphatic rings. The number of thioether (sulfide) groups is 1. The number of alkyl halides is 3. The zero-order chi connectivity index (χ0) is 13.9. The standard InChI is InChI=1S/C14H18F3NS/c1-10(18-13-6-3-7-19-9-13)11-4-2-5-12(8-11)14(15,16)17/h2,4-5,8,10,13,18H,3,6-7,9H2,1H3. The van der Waals surface area contributed by atoms with Crippen molar-refractivity contribution in [2.75, 3.05) is 11.5 Å². The van der Waals surface area contributed by atoms with Gasteiger partial charge in [0.1, 0.15) is 0 Å². The summed E-state index contributed by atoms with van der Waals surface area (Å²) in [5.41, 5.74) is 0.127. The van der Waals surface area contributed by atoms with Crippen LogP contribution in [0.2, 0.25) is 0 Å². The largest absolute Gasteiger partial charge is 0.416 e. The quantitative estimate of drug-likeness (QED) is 0.892. The van der Waals surface area contributed by atoms with Crippen LogP contribution in [0.3, 0.4) is 0 Å². The van der Waals surface area contributed by atoms with E-state index in [1.165, 1.54) is 24.3 Å². The molecule has 2 rings (SSSR count). The number of nitrogens with one attached hydrogen (secondary N) is 1. The summed E-state index contributed by atoms with van der Waals surface area (Å²) in [6.45, 7) is 1.93. The van der Waals surface area contributed by atoms with Gasteiger partial charge in [-0.25, -0.2) is 0 Å². The van der Waals surface area contributed by atoms with Gasteiger partial charge in [0, 0.05) is 17.8 Å². The minimum atomic E-state index is -4.27. The molecule has 1 aromatic rings. The predicted octanol–water partition coefficient (Wildman–Crippen LogP) is 4.25. The number of rotatable bonds is 3. The fraction of sp³-hybridized carbons (Fsp3) is 0.571. The van der Waals surface area contributed by atoms with E-state index in [-0.39, 0.29) is 6.04 Å². The molecule has 0 aliphatic carbocycles. The molecule has 1 nitrogen and oxygen atoms in total. The van der Waals surface area contributed by atoms with E-state index >= 15 is 0 Å². The minimum Gasteiger partial charge on any atom is -0.307 e. The first kappa shape index (κ1) is 14.7. The van der Waals surface area contributed by atoms with Gasteiger partial charge in [-0.2, -0.15) is 24.9 Å². The summed E-state index contributed by atoms with van der Waals surface area (Å²) in [4.78, 5) is 0. The van der Waals surface area contributed by atoms with Crippen LogP contribution >= 0.6 is 11.8 Å². The zero-order valence-electron chi connectivity index (χ0n) is 10.8. The summed E-state index contributed by atoms with van der Waals surface area (Å²) < 4.78 is 38.0. The maximum absolute atomic E-state index is 12.7. The molecule has 19 heavy (non-hydrogen) atoms. The van der Waals surface area contributed by atoms with Crippen LogP contribution in [-0.4, -0.2) is 17.5 Å². The van der Waals surface area contributed by atoms with Crippen molar-refractivity contribution >= 4 is 11.8 Å². The molecule has 0 saturated carbocycles. The monoisotopic (exact) mass is 289 g/mol. The van der Waals surface area contributed by atoms with E-state index in [0.29, 0.717) is 11.6 Å². The first-order valence-corrected chi connectivity index (χ1v) is 7.63. The Kier molecular flexibility index (Phi) is 4.79. The molecule has 0 radical (unpaired) electrons. The summed E-state index contributed by atoms with van der Waals surface area (Å²) in [5.74, 6) is 2.24. The van der Waals surface area contributed by atoms with Gasteiger partial charge in [-0.1, -0.05) is 12.1 Å². The van der Waals surface area contributed by atoms with E-state index in [2.05, 4.69) is 5.32 Å². The normalized spacial score (nSPS) is 22.2. The second-order valence-corrected chi connectivity index (χ2v) is 6.08. The topological polar surface area (TPSA) is 12.0 Å². The molecule has 106 valence electrons. The molecule has 1 aliphatic heterocycles. The summed E-state index contributed by atoms with van der Waals surface area (Å²) in [7, 11) is 0. The Morgan fingerprint density at radius 1 is 1.37 bits per heavy atom. The Bertz CT molecular complexity index is 413. The fourth-order valence-electron chi connectivity index (χ4n) is 2.31. The number of benzene rings is 1. The molecule has 0 spiro atoms. The third-order valence-electron chi connectivity index (χ3n) is 3.36. The molecular weight excluding hydrogens is 271 g/mol. The van der Waals surface area contributed by atoms with E-state index in [9.17, 15) is 13.2 Å². The molecule has 1 heterocycles. The van der Waals surface area contributed by atoms with Gasteiger partial charge in [0.15, 0.2) is 0 Å². The molecule has 2 atom stereocenters. The molecule has 2 unspecified atom stereocenters. The number of hydrogen-bond acceptors (Lipinski definition) is 2. The summed E-state index contributed by atoms with van der Waals surface area (Å²) in [6, 6.07) is 5.95. The Morgan fingerprint density at radius 3 is 2.79 bits per heavy atom. The van der Waals surface area contributed by atoms with Gasteiger partial charge in [-0.3, -0.25) is 0 Å². The lowest BCUT2D eigenvalue weighted by atomic mass is 10.0. The van der Waals surface area contributed by atoms with Crippen molar-refractivity contribution in [3.63, 3.8) is 0 Å². The maximum Gasteiger partial charge on any atom is 0.416 e. The lowest BCUT2D eigenvalue weighted by Crippen LogP contribution is -2.35. The van der Waals surface area contributed by atoms with Gasteiger partial charge in [0.2, 0.25) is 0 Å². The van der Waals surface area contributed by atoms with Gasteiger partial charge in [-0.05, 0) is 43.2 Å². The lowest BCUT2D eigenvalue weighted by molar-refractivity contribution is -0.137. The summed E-state index contributed by atoms with van der Waals surface area (Å²) in [6.07, 6.45) is -1.98. The highest BCUT2D eigenvalue weighted by molar-refractivity contribution is 7.99. The molecule has 1 fully saturated rings. The SMILES string of the molecule is CC(NC1CCCSC1)c1cccc(C(F)(F)F)c1. The van der Waals surface area contributed by atoms with E-state index in [0.717, 1.165) is 18.2 Å². The molecule has 1 saturated heterocycles. The fourth-order valence-corrected chi connectivity index (χ4v) is 3.39. The molecule has 0 amide bonds. The van der Waals surface area contributed by atoms with E-state index in [1.54, 1.807) is 6.07 Å². The average Bonchev–Trinajstić information content (AvgIpc) is 2.39. The summed E-state index contributed by atoms with van der Waals surface area (Å²) in [5, 5.41) is 3.43. The molecule has 5 heteroatoms. The van der Waals surface area contributed by atoms with Gasteiger partial charge in [-0.15, -0.1) is 0 Å². The van der Waals surface area contributed by atoms with Gasteiger partial charge in [0.25, 0.3) is 0 Å². The maximum atomic E-state index is 12.7. The smallest absolute Gasteiger partial charge is 0.307 e. The highest BCUT2D eigenvalue weighted by Gasteiger charge is 2.30. The predicted molar refractivity (Wildman–Crippen MR) is 73.3 cm³/mol. The van der Waals surface area contributed by atoms with Crippen molar-refractivity contribution in [2.45, 2.75) is 38.0 Å². The lowest BCUT2D eigenvalue weighted by Gasteiger charge is -2.26. The Hall–Kier alpha value is -0.680. The van der Waals surface area contributed by atoms with Crippen LogP contribution in [0.4, 0.5) is 13.2 Å². The molecule has 1 N–H and O–H groups in total.